The molecule has 7 heteroatoms. The molecule has 0 fully saturated rings. The van der Waals surface area contributed by atoms with E-state index in [4.69, 9.17) is 19.9 Å². The van der Waals surface area contributed by atoms with Crippen molar-refractivity contribution in [3.05, 3.63) is 42.2 Å². The molecule has 0 aliphatic heterocycles. The molecule has 0 spiro atoms. The van der Waals surface area contributed by atoms with Crippen molar-refractivity contribution in [3.8, 4) is 11.1 Å². The Morgan fingerprint density at radius 1 is 1.27 bits per heavy atom. The molecule has 26 heavy (non-hydrogen) atoms. The maximum absolute atomic E-state index is 11.6. The Labute approximate surface area is 154 Å². The summed E-state index contributed by atoms with van der Waals surface area (Å²) in [5.41, 5.74) is 8.79. The minimum absolute atomic E-state index is 0.251. The SMILES string of the molecule is COC(CC(COCCc1cccc(-c2cnn(C)c2)c1)C(N)=O)OC. The molecule has 0 aliphatic carbocycles. The third kappa shape index (κ3) is 5.94. The number of ether oxygens (including phenoxy) is 3. The van der Waals surface area contributed by atoms with Gasteiger partial charge in [0.05, 0.1) is 25.3 Å². The molecular weight excluding hydrogens is 334 g/mol. The predicted molar refractivity (Wildman–Crippen MR) is 98.3 cm³/mol. The number of rotatable bonds is 11. The summed E-state index contributed by atoms with van der Waals surface area (Å²) in [6.07, 6.45) is 4.48. The number of nitrogens with zero attached hydrogens (tertiary/aromatic N) is 2. The zero-order chi connectivity index (χ0) is 18.9. The molecule has 0 radical (unpaired) electrons. The number of aromatic nitrogens is 2. The zero-order valence-corrected chi connectivity index (χ0v) is 15.6. The first-order valence-electron chi connectivity index (χ1n) is 8.54. The van der Waals surface area contributed by atoms with E-state index < -0.39 is 18.1 Å². The molecule has 2 rings (SSSR count). The highest BCUT2D eigenvalue weighted by Gasteiger charge is 2.21. The number of hydrogen-bond donors (Lipinski definition) is 1. The number of hydrogen-bond acceptors (Lipinski definition) is 5. The number of amides is 1. The number of primary amides is 1. The second-order valence-corrected chi connectivity index (χ2v) is 6.16. The van der Waals surface area contributed by atoms with Crippen molar-refractivity contribution in [3.63, 3.8) is 0 Å². The van der Waals surface area contributed by atoms with Crippen molar-refractivity contribution in [1.29, 1.82) is 0 Å². The standard InChI is InChI=1S/C19H27N3O4/c1-22-12-17(11-21-22)15-6-4-5-14(9-15)7-8-26-13-16(19(20)23)10-18(24-2)25-3/h4-6,9,11-12,16,18H,7-8,10,13H2,1-3H3,(H2,20,23). The summed E-state index contributed by atoms with van der Waals surface area (Å²) in [4.78, 5) is 11.6. The summed E-state index contributed by atoms with van der Waals surface area (Å²) in [5.74, 6) is -0.857. The van der Waals surface area contributed by atoms with Crippen molar-refractivity contribution < 1.29 is 19.0 Å². The molecule has 1 atom stereocenters. The number of carbonyl (C=O) groups excluding carboxylic acids is 1. The lowest BCUT2D eigenvalue weighted by atomic mass is 10.0. The lowest BCUT2D eigenvalue weighted by Crippen LogP contribution is -2.32. The first-order valence-corrected chi connectivity index (χ1v) is 8.54. The Hall–Kier alpha value is -2.22. The lowest BCUT2D eigenvalue weighted by Gasteiger charge is -2.19. The quantitative estimate of drug-likeness (QED) is 0.487. The van der Waals surface area contributed by atoms with Crippen LogP contribution in [0.15, 0.2) is 36.7 Å². The van der Waals surface area contributed by atoms with E-state index in [1.165, 1.54) is 14.2 Å². The molecular formula is C19H27N3O4. The van der Waals surface area contributed by atoms with Gasteiger partial charge in [-0.25, -0.2) is 0 Å². The van der Waals surface area contributed by atoms with Crippen LogP contribution in [0, 0.1) is 5.92 Å². The van der Waals surface area contributed by atoms with Crippen LogP contribution in [0.25, 0.3) is 11.1 Å². The molecule has 1 aromatic heterocycles. The molecule has 0 saturated heterocycles. The number of methoxy groups -OCH3 is 2. The number of carbonyl (C=O) groups is 1. The summed E-state index contributed by atoms with van der Waals surface area (Å²) < 4.78 is 17.7. The molecule has 2 N–H and O–H groups in total. The number of aryl methyl sites for hydroxylation is 1. The second kappa shape index (κ2) is 10.1. The third-order valence-corrected chi connectivity index (χ3v) is 4.22. The minimum atomic E-state index is -0.465. The van der Waals surface area contributed by atoms with Crippen LogP contribution < -0.4 is 5.73 Å². The van der Waals surface area contributed by atoms with E-state index in [9.17, 15) is 4.79 Å². The summed E-state index contributed by atoms with van der Waals surface area (Å²) in [6.45, 7) is 0.756. The largest absolute Gasteiger partial charge is 0.380 e. The van der Waals surface area contributed by atoms with E-state index in [2.05, 4.69) is 23.3 Å². The first-order chi connectivity index (χ1) is 12.5. The molecule has 1 amide bonds. The second-order valence-electron chi connectivity index (χ2n) is 6.16. The van der Waals surface area contributed by atoms with Gasteiger partial charge in [-0.2, -0.15) is 5.10 Å². The fourth-order valence-electron chi connectivity index (χ4n) is 2.68. The Morgan fingerprint density at radius 3 is 2.65 bits per heavy atom. The van der Waals surface area contributed by atoms with Crippen LogP contribution in [0.5, 0.6) is 0 Å². The van der Waals surface area contributed by atoms with Crippen molar-refractivity contribution in [2.75, 3.05) is 27.4 Å². The van der Waals surface area contributed by atoms with E-state index in [1.54, 1.807) is 4.68 Å². The predicted octanol–water partition coefficient (Wildman–Crippen LogP) is 1.76. The van der Waals surface area contributed by atoms with Crippen LogP contribution in [0.2, 0.25) is 0 Å². The van der Waals surface area contributed by atoms with Crippen LogP contribution in [0.4, 0.5) is 0 Å². The van der Waals surface area contributed by atoms with Gasteiger partial charge in [0.2, 0.25) is 5.91 Å². The minimum Gasteiger partial charge on any atom is -0.380 e. The lowest BCUT2D eigenvalue weighted by molar-refractivity contribution is -0.138. The van der Waals surface area contributed by atoms with Crippen molar-refractivity contribution in [1.82, 2.24) is 9.78 Å². The molecule has 0 saturated carbocycles. The van der Waals surface area contributed by atoms with Gasteiger partial charge in [-0.3, -0.25) is 9.48 Å². The zero-order valence-electron chi connectivity index (χ0n) is 15.6. The third-order valence-electron chi connectivity index (χ3n) is 4.22. The Balaban J connectivity index is 1.84. The number of nitrogens with two attached hydrogens (primary N) is 1. The van der Waals surface area contributed by atoms with Crippen LogP contribution in [-0.2, 0) is 32.5 Å². The fourth-order valence-corrected chi connectivity index (χ4v) is 2.68. The summed E-state index contributed by atoms with van der Waals surface area (Å²) in [5, 5.41) is 4.20. The topological polar surface area (TPSA) is 88.6 Å². The van der Waals surface area contributed by atoms with Crippen molar-refractivity contribution in [2.24, 2.45) is 18.7 Å². The molecule has 142 valence electrons. The van der Waals surface area contributed by atoms with Crippen LogP contribution in [0.1, 0.15) is 12.0 Å². The van der Waals surface area contributed by atoms with E-state index >= 15 is 0 Å². The monoisotopic (exact) mass is 361 g/mol. The van der Waals surface area contributed by atoms with E-state index in [0.717, 1.165) is 23.1 Å². The van der Waals surface area contributed by atoms with Gasteiger partial charge in [0.1, 0.15) is 0 Å². The average Bonchev–Trinajstić information content (AvgIpc) is 3.07. The highest BCUT2D eigenvalue weighted by atomic mass is 16.7. The average molecular weight is 361 g/mol. The first kappa shape index (κ1) is 20.1. The van der Waals surface area contributed by atoms with Gasteiger partial charge in [0.25, 0.3) is 0 Å². The van der Waals surface area contributed by atoms with Crippen molar-refractivity contribution in [2.45, 2.75) is 19.1 Å². The molecule has 7 nitrogen and oxygen atoms in total. The summed E-state index contributed by atoms with van der Waals surface area (Å²) in [7, 11) is 4.96. The van der Waals surface area contributed by atoms with Crippen LogP contribution >= 0.6 is 0 Å². The Bertz CT molecular complexity index is 698. The molecule has 1 heterocycles. The van der Waals surface area contributed by atoms with Crippen molar-refractivity contribution >= 4 is 5.91 Å². The van der Waals surface area contributed by atoms with Crippen LogP contribution in [-0.4, -0.2) is 49.4 Å². The van der Waals surface area contributed by atoms with Gasteiger partial charge >= 0.3 is 0 Å². The van der Waals surface area contributed by atoms with E-state index in [-0.39, 0.29) is 6.61 Å². The molecule has 0 aliphatic rings. The number of benzene rings is 1. The molecule has 2 aromatic rings. The normalized spacial score (nSPS) is 12.5. The highest BCUT2D eigenvalue weighted by Crippen LogP contribution is 2.20. The Morgan fingerprint density at radius 2 is 2.04 bits per heavy atom. The van der Waals surface area contributed by atoms with Gasteiger partial charge in [0.15, 0.2) is 6.29 Å². The molecule has 1 aromatic carbocycles. The van der Waals surface area contributed by atoms with Gasteiger partial charge in [0, 0.05) is 39.4 Å². The molecule has 1 unspecified atom stereocenters. The fraction of sp³-hybridized carbons (Fsp3) is 0.474. The molecule has 0 bridgehead atoms. The van der Waals surface area contributed by atoms with E-state index in [0.29, 0.717) is 13.0 Å². The van der Waals surface area contributed by atoms with Gasteiger partial charge in [-0.1, -0.05) is 24.3 Å². The maximum atomic E-state index is 11.6. The maximum Gasteiger partial charge on any atom is 0.223 e. The Kier molecular flexibility index (Phi) is 7.77. The smallest absolute Gasteiger partial charge is 0.223 e. The summed E-state index contributed by atoms with van der Waals surface area (Å²) >= 11 is 0. The van der Waals surface area contributed by atoms with Gasteiger partial charge < -0.3 is 19.9 Å². The van der Waals surface area contributed by atoms with Gasteiger partial charge in [-0.15, -0.1) is 0 Å². The van der Waals surface area contributed by atoms with Crippen LogP contribution in [0.3, 0.4) is 0 Å². The summed E-state index contributed by atoms with van der Waals surface area (Å²) in [6, 6.07) is 8.25. The highest BCUT2D eigenvalue weighted by molar-refractivity contribution is 5.76. The van der Waals surface area contributed by atoms with Gasteiger partial charge in [-0.05, 0) is 17.5 Å². The van der Waals surface area contributed by atoms with E-state index in [1.807, 2.05) is 25.5 Å².